The minimum atomic E-state index is -0.842. The lowest BCUT2D eigenvalue weighted by Gasteiger charge is -2.26. The zero-order valence-corrected chi connectivity index (χ0v) is 9.22. The van der Waals surface area contributed by atoms with E-state index in [9.17, 15) is 13.9 Å². The Labute approximate surface area is 88.7 Å². The van der Waals surface area contributed by atoms with Crippen molar-refractivity contribution in [1.82, 2.24) is 0 Å². The second kappa shape index (κ2) is 4.27. The van der Waals surface area contributed by atoms with Gasteiger partial charge in [-0.1, -0.05) is 19.9 Å². The average Bonchev–Trinajstić information content (AvgIpc) is 2.07. The Hall–Kier alpha value is -0.960. The predicted octanol–water partition coefficient (Wildman–Crippen LogP) is 3.01. The number of halogens is 2. The summed E-state index contributed by atoms with van der Waals surface area (Å²) in [4.78, 5) is 0. The summed E-state index contributed by atoms with van der Waals surface area (Å²) >= 11 is 0. The molecule has 0 unspecified atom stereocenters. The zero-order valence-electron chi connectivity index (χ0n) is 9.22. The molecule has 0 heterocycles. The van der Waals surface area contributed by atoms with Crippen molar-refractivity contribution in [2.75, 3.05) is 0 Å². The van der Waals surface area contributed by atoms with Crippen molar-refractivity contribution in [3.05, 3.63) is 35.4 Å². The minimum absolute atomic E-state index is 0.358. The first kappa shape index (κ1) is 12.1. The van der Waals surface area contributed by atoms with Crippen LogP contribution in [0.4, 0.5) is 8.78 Å². The van der Waals surface area contributed by atoms with E-state index in [1.807, 2.05) is 13.8 Å². The highest BCUT2D eigenvalue weighted by Gasteiger charge is 2.23. The van der Waals surface area contributed by atoms with E-state index in [1.165, 1.54) is 6.07 Å². The van der Waals surface area contributed by atoms with Crippen molar-refractivity contribution >= 4 is 0 Å². The van der Waals surface area contributed by atoms with Gasteiger partial charge >= 0.3 is 0 Å². The predicted molar refractivity (Wildman–Crippen MR) is 55.7 cm³/mol. The SMILES string of the molecule is C[C@H](O)CC(C)(C)c1ccc(F)c(F)c1. The number of aliphatic hydroxyl groups excluding tert-OH is 1. The van der Waals surface area contributed by atoms with Crippen LogP contribution in [0.2, 0.25) is 0 Å². The fraction of sp³-hybridized carbons (Fsp3) is 0.500. The number of rotatable bonds is 3. The van der Waals surface area contributed by atoms with E-state index in [2.05, 4.69) is 0 Å². The van der Waals surface area contributed by atoms with Crippen LogP contribution in [0.3, 0.4) is 0 Å². The molecule has 1 aromatic rings. The molecule has 1 rings (SSSR count). The second-order valence-corrected chi connectivity index (χ2v) is 4.57. The highest BCUT2D eigenvalue weighted by atomic mass is 19.2. The van der Waals surface area contributed by atoms with Crippen molar-refractivity contribution < 1.29 is 13.9 Å². The Morgan fingerprint density at radius 1 is 1.27 bits per heavy atom. The topological polar surface area (TPSA) is 20.2 Å². The summed E-state index contributed by atoms with van der Waals surface area (Å²) in [6.45, 7) is 5.47. The van der Waals surface area contributed by atoms with E-state index >= 15 is 0 Å². The molecule has 0 amide bonds. The first-order valence-corrected chi connectivity index (χ1v) is 4.96. The summed E-state index contributed by atoms with van der Waals surface area (Å²) < 4.78 is 25.7. The Morgan fingerprint density at radius 2 is 1.87 bits per heavy atom. The molecule has 0 fully saturated rings. The van der Waals surface area contributed by atoms with Gasteiger partial charge < -0.3 is 5.11 Å². The minimum Gasteiger partial charge on any atom is -0.393 e. The van der Waals surface area contributed by atoms with Crippen LogP contribution in [-0.2, 0) is 5.41 Å². The largest absolute Gasteiger partial charge is 0.393 e. The van der Waals surface area contributed by atoms with E-state index in [1.54, 1.807) is 13.0 Å². The summed E-state index contributed by atoms with van der Waals surface area (Å²) in [5, 5.41) is 9.31. The van der Waals surface area contributed by atoms with E-state index in [0.29, 0.717) is 12.0 Å². The second-order valence-electron chi connectivity index (χ2n) is 4.57. The Bertz CT molecular complexity index is 345. The molecule has 0 bridgehead atoms. The summed E-state index contributed by atoms with van der Waals surface area (Å²) in [5.41, 5.74) is 0.338. The van der Waals surface area contributed by atoms with E-state index in [0.717, 1.165) is 6.07 Å². The molecule has 0 saturated heterocycles. The van der Waals surface area contributed by atoms with Crippen molar-refractivity contribution in [3.63, 3.8) is 0 Å². The van der Waals surface area contributed by atoms with E-state index in [-0.39, 0.29) is 5.41 Å². The zero-order chi connectivity index (χ0) is 11.6. The fourth-order valence-corrected chi connectivity index (χ4v) is 1.77. The van der Waals surface area contributed by atoms with Gasteiger partial charge in [0.2, 0.25) is 0 Å². The molecule has 0 spiro atoms. The molecule has 84 valence electrons. The van der Waals surface area contributed by atoms with Crippen molar-refractivity contribution in [2.45, 2.75) is 38.7 Å². The van der Waals surface area contributed by atoms with E-state index < -0.39 is 17.7 Å². The molecule has 1 aromatic carbocycles. The molecular formula is C12H16F2O. The lowest BCUT2D eigenvalue weighted by Crippen LogP contribution is -2.23. The quantitative estimate of drug-likeness (QED) is 0.820. The Kier molecular flexibility index (Phi) is 3.45. The summed E-state index contributed by atoms with van der Waals surface area (Å²) in [6.07, 6.45) is 0.0473. The maximum absolute atomic E-state index is 13.0. The van der Waals surface area contributed by atoms with Crippen molar-refractivity contribution in [1.29, 1.82) is 0 Å². The fourth-order valence-electron chi connectivity index (χ4n) is 1.77. The molecule has 0 aliphatic carbocycles. The molecule has 1 N–H and O–H groups in total. The molecule has 1 atom stereocenters. The normalized spacial score (nSPS) is 14.0. The molecule has 0 aliphatic rings. The average molecular weight is 214 g/mol. The van der Waals surface area contributed by atoms with E-state index in [4.69, 9.17) is 0 Å². The van der Waals surface area contributed by atoms with Crippen LogP contribution in [0.1, 0.15) is 32.8 Å². The van der Waals surface area contributed by atoms with Gasteiger partial charge in [-0.3, -0.25) is 0 Å². The number of benzene rings is 1. The molecule has 15 heavy (non-hydrogen) atoms. The molecular weight excluding hydrogens is 198 g/mol. The van der Waals surface area contributed by atoms with Gasteiger partial charge in [-0.05, 0) is 36.5 Å². The van der Waals surface area contributed by atoms with Gasteiger partial charge in [-0.25, -0.2) is 8.78 Å². The molecule has 0 saturated carbocycles. The maximum Gasteiger partial charge on any atom is 0.159 e. The third-order valence-electron chi connectivity index (χ3n) is 2.51. The van der Waals surface area contributed by atoms with Crippen molar-refractivity contribution in [3.8, 4) is 0 Å². The van der Waals surface area contributed by atoms with Crippen LogP contribution in [0, 0.1) is 11.6 Å². The monoisotopic (exact) mass is 214 g/mol. The van der Waals surface area contributed by atoms with Gasteiger partial charge in [0.25, 0.3) is 0 Å². The van der Waals surface area contributed by atoms with Crippen LogP contribution < -0.4 is 0 Å². The van der Waals surface area contributed by atoms with Gasteiger partial charge in [0.1, 0.15) is 0 Å². The molecule has 0 radical (unpaired) electrons. The van der Waals surface area contributed by atoms with Crippen LogP contribution in [-0.4, -0.2) is 11.2 Å². The van der Waals surface area contributed by atoms with Gasteiger partial charge in [-0.15, -0.1) is 0 Å². The highest BCUT2D eigenvalue weighted by molar-refractivity contribution is 5.25. The van der Waals surface area contributed by atoms with Crippen molar-refractivity contribution in [2.24, 2.45) is 0 Å². The number of aliphatic hydroxyl groups is 1. The first-order valence-electron chi connectivity index (χ1n) is 4.96. The lowest BCUT2D eigenvalue weighted by atomic mass is 9.80. The smallest absolute Gasteiger partial charge is 0.159 e. The van der Waals surface area contributed by atoms with Gasteiger partial charge in [0, 0.05) is 0 Å². The molecule has 0 aromatic heterocycles. The maximum atomic E-state index is 13.0. The van der Waals surface area contributed by atoms with Crippen LogP contribution in [0.25, 0.3) is 0 Å². The Morgan fingerprint density at radius 3 is 2.33 bits per heavy atom. The number of hydrogen-bond donors (Lipinski definition) is 1. The number of hydrogen-bond acceptors (Lipinski definition) is 1. The first-order chi connectivity index (χ1) is 6.83. The lowest BCUT2D eigenvalue weighted by molar-refractivity contribution is 0.156. The van der Waals surface area contributed by atoms with Gasteiger partial charge in [0.15, 0.2) is 11.6 Å². The highest BCUT2D eigenvalue weighted by Crippen LogP contribution is 2.29. The van der Waals surface area contributed by atoms with Crippen LogP contribution >= 0.6 is 0 Å². The standard InChI is InChI=1S/C12H16F2O/c1-8(15)7-12(2,3)9-4-5-10(13)11(14)6-9/h4-6,8,15H,7H2,1-3H3/t8-/m0/s1. The summed E-state index contributed by atoms with van der Waals surface area (Å²) in [7, 11) is 0. The van der Waals surface area contributed by atoms with Gasteiger partial charge in [0.05, 0.1) is 6.10 Å². The summed E-state index contributed by atoms with van der Waals surface area (Å²) in [5.74, 6) is -1.68. The molecule has 0 aliphatic heterocycles. The van der Waals surface area contributed by atoms with Crippen LogP contribution in [0.5, 0.6) is 0 Å². The third kappa shape index (κ3) is 2.99. The summed E-state index contributed by atoms with van der Waals surface area (Å²) in [6, 6.07) is 3.87. The van der Waals surface area contributed by atoms with Gasteiger partial charge in [-0.2, -0.15) is 0 Å². The molecule has 3 heteroatoms. The molecule has 1 nitrogen and oxygen atoms in total. The third-order valence-corrected chi connectivity index (χ3v) is 2.51. The Balaban J connectivity index is 2.99. The van der Waals surface area contributed by atoms with Crippen LogP contribution in [0.15, 0.2) is 18.2 Å².